The van der Waals surface area contributed by atoms with Crippen molar-refractivity contribution in [3.8, 4) is 0 Å². The topological polar surface area (TPSA) is 170 Å². The molecule has 1 N–H and O–H groups in total. The number of ether oxygens (including phenoxy) is 4. The van der Waals surface area contributed by atoms with E-state index in [1.165, 1.54) is 42.9 Å². The molecule has 0 radical (unpaired) electrons. The number of anilines is 2. The lowest BCUT2D eigenvalue weighted by Crippen LogP contribution is -2.35. The van der Waals surface area contributed by atoms with Gasteiger partial charge in [-0.25, -0.2) is 9.37 Å². The van der Waals surface area contributed by atoms with Gasteiger partial charge in [0, 0.05) is 24.9 Å². The summed E-state index contributed by atoms with van der Waals surface area (Å²) in [6, 6.07) is 5.52. The summed E-state index contributed by atoms with van der Waals surface area (Å²) in [4.78, 5) is 48.3. The van der Waals surface area contributed by atoms with Crippen molar-refractivity contribution < 1.29 is 42.2 Å². The lowest BCUT2D eigenvalue weighted by atomic mass is 10.1. The highest BCUT2D eigenvalue weighted by atomic mass is 35.5. The van der Waals surface area contributed by atoms with Crippen LogP contribution in [0.5, 0.6) is 0 Å². The normalized spacial score (nSPS) is 18.2. The van der Waals surface area contributed by atoms with Crippen LogP contribution in [0.25, 0.3) is 11.2 Å². The maximum absolute atomic E-state index is 14.3. The minimum absolute atomic E-state index is 0.0713. The molecule has 17 heteroatoms. The largest absolute Gasteiger partial charge is 0.459 e. The van der Waals surface area contributed by atoms with E-state index in [0.717, 1.165) is 6.07 Å². The fourth-order valence-electron chi connectivity index (χ4n) is 4.15. The molecule has 14 nitrogen and oxygen atoms in total. The Morgan fingerprint density at radius 3 is 2.69 bits per heavy atom. The van der Waals surface area contributed by atoms with Crippen LogP contribution in [0.2, 0.25) is 10.3 Å². The molecule has 42 heavy (non-hydrogen) atoms. The first-order valence-corrected chi connectivity index (χ1v) is 13.0. The number of fused-ring (bicyclic) bond motifs is 1. The van der Waals surface area contributed by atoms with Gasteiger partial charge < -0.3 is 33.4 Å². The predicted octanol–water partition coefficient (Wildman–Crippen LogP) is 3.68. The number of hydrogen-bond donors (Lipinski definition) is 1. The first-order chi connectivity index (χ1) is 20.1. The monoisotopic (exact) mass is 622 g/mol. The highest BCUT2D eigenvalue weighted by Crippen LogP contribution is 2.34. The van der Waals surface area contributed by atoms with Gasteiger partial charge in [-0.1, -0.05) is 16.8 Å². The van der Waals surface area contributed by atoms with Crippen molar-refractivity contribution in [1.29, 1.82) is 0 Å². The van der Waals surface area contributed by atoms with Crippen LogP contribution in [-0.2, 0) is 46.5 Å². The molecule has 220 valence electrons. The Hall–Kier alpha value is -4.34. The molecule has 0 unspecified atom stereocenters. The zero-order valence-corrected chi connectivity index (χ0v) is 23.4. The number of benzene rings is 1. The number of hydrogen-bond acceptors (Lipinski definition) is 13. The number of carbonyl (C=O) groups excluding carboxylic acids is 3. The van der Waals surface area contributed by atoms with Gasteiger partial charge >= 0.3 is 17.9 Å². The third-order valence-electron chi connectivity index (χ3n) is 5.89. The first-order valence-electron chi connectivity index (χ1n) is 12.2. The van der Waals surface area contributed by atoms with E-state index in [1.807, 2.05) is 0 Å². The quantitative estimate of drug-likeness (QED) is 0.163. The van der Waals surface area contributed by atoms with Crippen molar-refractivity contribution in [1.82, 2.24) is 24.7 Å². The summed E-state index contributed by atoms with van der Waals surface area (Å²) in [7, 11) is 0. The molecule has 1 aliphatic heterocycles. The Morgan fingerprint density at radius 1 is 1.14 bits per heavy atom. The second kappa shape index (κ2) is 12.3. The van der Waals surface area contributed by atoms with Crippen molar-refractivity contribution >= 4 is 63.8 Å². The van der Waals surface area contributed by atoms with Gasteiger partial charge in [0.25, 0.3) is 0 Å². The smallest absolute Gasteiger partial charge is 0.326 e. The number of rotatable bonds is 9. The summed E-state index contributed by atoms with van der Waals surface area (Å²) in [5.41, 5.74) is 0.759. The van der Waals surface area contributed by atoms with Gasteiger partial charge in [0.05, 0.1) is 18.6 Å². The van der Waals surface area contributed by atoms with Gasteiger partial charge in [-0.05, 0) is 29.8 Å². The second-order valence-corrected chi connectivity index (χ2v) is 9.77. The van der Waals surface area contributed by atoms with E-state index in [4.69, 9.17) is 46.7 Å². The molecule has 3 atom stereocenters. The molecule has 4 heterocycles. The van der Waals surface area contributed by atoms with E-state index in [-0.39, 0.29) is 58.5 Å². The van der Waals surface area contributed by atoms with Gasteiger partial charge in [-0.2, -0.15) is 9.97 Å². The lowest BCUT2D eigenvalue weighted by molar-refractivity contribution is -0.165. The van der Waals surface area contributed by atoms with E-state index >= 15 is 0 Å². The summed E-state index contributed by atoms with van der Waals surface area (Å²) in [5.74, 6) is -2.21. The van der Waals surface area contributed by atoms with Gasteiger partial charge in [-0.3, -0.25) is 14.4 Å². The van der Waals surface area contributed by atoms with Gasteiger partial charge in [-0.15, -0.1) is 0 Å². The molecule has 1 aromatic carbocycles. The number of esters is 3. The number of nitrogens with zero attached hydrogens (tertiary/aromatic N) is 5. The summed E-state index contributed by atoms with van der Waals surface area (Å²) < 4.78 is 42.6. The minimum atomic E-state index is -1.05. The number of halogens is 3. The Bertz CT molecular complexity index is 1660. The van der Waals surface area contributed by atoms with E-state index < -0.39 is 42.0 Å². The van der Waals surface area contributed by atoms with E-state index in [1.54, 1.807) is 0 Å². The van der Waals surface area contributed by atoms with Gasteiger partial charge in [0.15, 0.2) is 41.1 Å². The SMILES string of the molecule is CC(=O)OCc1cc([C@H]2OC[C@@H](OC(=O)Cn3cnc4c(Nc5ccc(Cl)cc5F)nc(Cl)nc43)[C@H]2OC(C)=O)on1. The number of imidazole rings is 1. The standard InChI is InChI=1S/C25H21Cl2FN6O8/c1-11(35)38-8-14-6-17(42-33-14)21-22(40-12(2)36)18(9-39-21)41-19(37)7-34-10-29-20-23(31-25(27)32-24(20)34)30-16-4-3-13(26)5-15(16)28/h3-6,10,18,21-22H,7-9H2,1-2H3,(H,30,31,32)/t18-,21-,22-/m1/s1. The molecule has 0 spiro atoms. The van der Waals surface area contributed by atoms with Crippen LogP contribution in [0.15, 0.2) is 35.1 Å². The van der Waals surface area contributed by atoms with E-state index in [9.17, 15) is 18.8 Å². The average Bonchev–Trinajstić information content (AvgIpc) is 3.64. The predicted molar refractivity (Wildman–Crippen MR) is 141 cm³/mol. The fraction of sp³-hybridized carbons (Fsp3) is 0.320. The van der Waals surface area contributed by atoms with Gasteiger partial charge in [0.2, 0.25) is 5.28 Å². The van der Waals surface area contributed by atoms with Crippen molar-refractivity contribution in [3.05, 3.63) is 58.2 Å². The average molecular weight is 623 g/mol. The Balaban J connectivity index is 1.30. The molecular weight excluding hydrogens is 602 g/mol. The maximum Gasteiger partial charge on any atom is 0.326 e. The summed E-state index contributed by atoms with van der Waals surface area (Å²) in [5, 5.41) is 6.65. The minimum Gasteiger partial charge on any atom is -0.459 e. The van der Waals surface area contributed by atoms with Crippen LogP contribution >= 0.6 is 23.2 Å². The summed E-state index contributed by atoms with van der Waals surface area (Å²) in [6.07, 6.45) is -1.67. The summed E-state index contributed by atoms with van der Waals surface area (Å²) >= 11 is 11.9. The van der Waals surface area contributed by atoms with Crippen LogP contribution in [0.4, 0.5) is 15.9 Å². The molecule has 4 aromatic rings. The lowest BCUT2D eigenvalue weighted by Gasteiger charge is -2.21. The summed E-state index contributed by atoms with van der Waals surface area (Å²) in [6.45, 7) is 1.85. The Kier molecular flexibility index (Phi) is 8.51. The number of carbonyl (C=O) groups is 3. The second-order valence-electron chi connectivity index (χ2n) is 8.99. The van der Waals surface area contributed by atoms with Crippen molar-refractivity contribution in [2.45, 2.75) is 45.3 Å². The van der Waals surface area contributed by atoms with Crippen molar-refractivity contribution in [2.24, 2.45) is 0 Å². The molecule has 0 saturated carbocycles. The molecular formula is C25H21Cl2FN6O8. The van der Waals surface area contributed by atoms with Crippen molar-refractivity contribution in [3.63, 3.8) is 0 Å². The third-order valence-corrected chi connectivity index (χ3v) is 6.30. The van der Waals surface area contributed by atoms with Crippen LogP contribution < -0.4 is 5.32 Å². The number of aromatic nitrogens is 5. The fourth-order valence-corrected chi connectivity index (χ4v) is 4.47. The van der Waals surface area contributed by atoms with Crippen LogP contribution in [0.3, 0.4) is 0 Å². The van der Waals surface area contributed by atoms with Crippen LogP contribution in [0, 0.1) is 5.82 Å². The molecule has 1 saturated heterocycles. The molecule has 1 aliphatic rings. The zero-order valence-electron chi connectivity index (χ0n) is 21.9. The Labute approximate surface area is 246 Å². The first kappa shape index (κ1) is 29.2. The van der Waals surface area contributed by atoms with Crippen molar-refractivity contribution in [2.75, 3.05) is 11.9 Å². The number of nitrogens with one attached hydrogen (secondary N) is 1. The Morgan fingerprint density at radius 2 is 1.95 bits per heavy atom. The van der Waals surface area contributed by atoms with Gasteiger partial charge in [0.1, 0.15) is 24.7 Å². The molecule has 0 bridgehead atoms. The van der Waals surface area contributed by atoms with Crippen LogP contribution in [-0.4, -0.2) is 61.4 Å². The van der Waals surface area contributed by atoms with Crippen LogP contribution in [0.1, 0.15) is 31.4 Å². The highest BCUT2D eigenvalue weighted by molar-refractivity contribution is 6.30. The molecule has 1 fully saturated rings. The molecule has 0 aliphatic carbocycles. The molecule has 3 aromatic heterocycles. The van der Waals surface area contributed by atoms with E-state index in [0.29, 0.717) is 5.69 Å². The third kappa shape index (κ3) is 6.58. The maximum atomic E-state index is 14.3. The van der Waals surface area contributed by atoms with E-state index in [2.05, 4.69) is 25.4 Å². The highest BCUT2D eigenvalue weighted by Gasteiger charge is 2.45. The molecule has 0 amide bonds. The molecule has 5 rings (SSSR count). The zero-order chi connectivity index (χ0) is 30.0.